The van der Waals surface area contributed by atoms with Gasteiger partial charge in [0, 0.05) is 24.4 Å². The number of carbonyl (C=O) groups excluding carboxylic acids is 1. The fourth-order valence-electron chi connectivity index (χ4n) is 5.45. The minimum absolute atomic E-state index is 0.0696. The fraction of sp³-hybridized carbons (Fsp3) is 0.500. The number of fused-ring (bicyclic) bond motifs is 5. The van der Waals surface area contributed by atoms with Crippen LogP contribution < -0.4 is 5.56 Å². The van der Waals surface area contributed by atoms with Crippen molar-refractivity contribution in [3.05, 3.63) is 50.6 Å². The van der Waals surface area contributed by atoms with Crippen molar-refractivity contribution in [1.29, 1.82) is 0 Å². The fourth-order valence-corrected chi connectivity index (χ4v) is 7.68. The lowest BCUT2D eigenvalue weighted by Crippen LogP contribution is -2.40. The Morgan fingerprint density at radius 3 is 2.55 bits per heavy atom. The molecule has 2 aliphatic rings. The first kappa shape index (κ1) is 25.6. The van der Waals surface area contributed by atoms with Gasteiger partial charge in [-0.2, -0.15) is 0 Å². The van der Waals surface area contributed by atoms with Crippen LogP contribution in [-0.2, 0) is 22.6 Å². The van der Waals surface area contributed by atoms with Crippen molar-refractivity contribution < 1.29 is 9.53 Å². The average molecular weight is 552 g/mol. The summed E-state index contributed by atoms with van der Waals surface area (Å²) in [5.41, 5.74) is 2.86. The molecule has 4 aromatic rings. The molecule has 10 heteroatoms. The number of thiophene rings is 1. The van der Waals surface area contributed by atoms with Gasteiger partial charge in [0.05, 0.1) is 29.0 Å². The van der Waals surface area contributed by atoms with E-state index in [0.717, 1.165) is 52.5 Å². The first-order chi connectivity index (χ1) is 18.3. The molecule has 2 aliphatic heterocycles. The van der Waals surface area contributed by atoms with E-state index in [4.69, 9.17) is 4.74 Å². The molecular weight excluding hydrogens is 518 g/mol. The number of ether oxygens (including phenoxy) is 1. The maximum absolute atomic E-state index is 14.2. The van der Waals surface area contributed by atoms with Gasteiger partial charge < -0.3 is 9.64 Å². The van der Waals surface area contributed by atoms with Gasteiger partial charge in [0.1, 0.15) is 4.83 Å². The molecule has 0 bridgehead atoms. The van der Waals surface area contributed by atoms with E-state index < -0.39 is 0 Å². The van der Waals surface area contributed by atoms with E-state index in [1.807, 2.05) is 47.4 Å². The van der Waals surface area contributed by atoms with E-state index in [1.54, 1.807) is 15.9 Å². The summed E-state index contributed by atoms with van der Waals surface area (Å²) < 4.78 is 9.81. The van der Waals surface area contributed by atoms with Gasteiger partial charge in [-0.25, -0.2) is 8.97 Å². The molecule has 2 atom stereocenters. The number of piperidine rings is 1. The number of carbonyl (C=O) groups is 1. The zero-order valence-electron chi connectivity index (χ0n) is 22.3. The van der Waals surface area contributed by atoms with Gasteiger partial charge in [0.15, 0.2) is 5.16 Å². The van der Waals surface area contributed by atoms with E-state index in [0.29, 0.717) is 35.3 Å². The van der Waals surface area contributed by atoms with Crippen LogP contribution in [0.4, 0.5) is 0 Å². The molecule has 6 rings (SSSR count). The Labute approximate surface area is 230 Å². The number of benzene rings is 1. The smallest absolute Gasteiger partial charge is 0.268 e. The van der Waals surface area contributed by atoms with Gasteiger partial charge >= 0.3 is 0 Å². The number of likely N-dealkylation sites (tertiary alicyclic amines) is 1. The van der Waals surface area contributed by atoms with Gasteiger partial charge in [-0.3, -0.25) is 9.59 Å². The number of hydrogen-bond acceptors (Lipinski definition) is 7. The Hall–Kier alpha value is -2.69. The first-order valence-electron chi connectivity index (χ1n) is 13.4. The number of rotatable bonds is 5. The summed E-state index contributed by atoms with van der Waals surface area (Å²) in [4.78, 5) is 31.3. The molecule has 1 aromatic carbocycles. The van der Waals surface area contributed by atoms with E-state index in [9.17, 15) is 9.59 Å². The third kappa shape index (κ3) is 4.36. The zero-order chi connectivity index (χ0) is 26.6. The maximum atomic E-state index is 14.2. The molecule has 8 nitrogen and oxygen atoms in total. The molecule has 1 saturated heterocycles. The predicted octanol–water partition coefficient (Wildman–Crippen LogP) is 4.99. The number of thioether (sulfide) groups is 1. The summed E-state index contributed by atoms with van der Waals surface area (Å²) >= 11 is 3.00. The third-order valence-electron chi connectivity index (χ3n) is 7.68. The highest BCUT2D eigenvalue weighted by molar-refractivity contribution is 8.00. The Kier molecular flexibility index (Phi) is 6.82. The summed E-state index contributed by atoms with van der Waals surface area (Å²) in [6.07, 6.45) is 4.07. The molecule has 0 aliphatic carbocycles. The summed E-state index contributed by atoms with van der Waals surface area (Å²) in [5.74, 6) is 0.948. The van der Waals surface area contributed by atoms with E-state index in [-0.39, 0.29) is 22.8 Å². The molecule has 3 aromatic heterocycles. The van der Waals surface area contributed by atoms with Crippen molar-refractivity contribution in [2.75, 3.05) is 13.1 Å². The lowest BCUT2D eigenvalue weighted by Gasteiger charge is -2.28. The highest BCUT2D eigenvalue weighted by atomic mass is 32.2. The van der Waals surface area contributed by atoms with Crippen molar-refractivity contribution in [1.82, 2.24) is 24.1 Å². The van der Waals surface area contributed by atoms with Gasteiger partial charge in [-0.15, -0.1) is 21.5 Å². The number of aromatic nitrogens is 4. The normalized spacial score (nSPS) is 18.9. The minimum Gasteiger partial charge on any atom is -0.372 e. The molecule has 1 fully saturated rings. The SMILES string of the molecule is Cc1ccc(-n2c(=O)c3c4c(sc3n3c(S[C@H](C)C(=O)N5CCCCC5)nnc23)CO[C@H](C(C)C)C4)cc1. The molecule has 0 N–H and O–H groups in total. The van der Waals surface area contributed by atoms with Crippen molar-refractivity contribution >= 4 is 45.0 Å². The van der Waals surface area contributed by atoms with Crippen LogP contribution in [-0.4, -0.2) is 54.4 Å². The lowest BCUT2D eigenvalue weighted by atomic mass is 9.96. The summed E-state index contributed by atoms with van der Waals surface area (Å²) in [6.45, 7) is 10.4. The van der Waals surface area contributed by atoms with E-state index >= 15 is 0 Å². The predicted molar refractivity (Wildman–Crippen MR) is 152 cm³/mol. The molecule has 1 amide bonds. The molecular formula is C28H33N5O3S2. The van der Waals surface area contributed by atoms with Gasteiger partial charge in [0.25, 0.3) is 5.56 Å². The lowest BCUT2D eigenvalue weighted by molar-refractivity contribution is -0.131. The number of aryl methyl sites for hydroxylation is 1. The van der Waals surface area contributed by atoms with Crippen LogP contribution in [0.5, 0.6) is 0 Å². The Balaban J connectivity index is 1.52. The van der Waals surface area contributed by atoms with Crippen LogP contribution in [0.1, 0.15) is 56.0 Å². The number of amides is 1. The largest absolute Gasteiger partial charge is 0.372 e. The van der Waals surface area contributed by atoms with Crippen LogP contribution in [0, 0.1) is 12.8 Å². The molecule has 0 radical (unpaired) electrons. The average Bonchev–Trinajstić information content (AvgIpc) is 3.51. The highest BCUT2D eigenvalue weighted by Crippen LogP contribution is 2.38. The molecule has 0 spiro atoms. The topological polar surface area (TPSA) is 81.7 Å². The van der Waals surface area contributed by atoms with E-state index in [2.05, 4.69) is 24.0 Å². The van der Waals surface area contributed by atoms with Crippen molar-refractivity contribution in [3.63, 3.8) is 0 Å². The first-order valence-corrected chi connectivity index (χ1v) is 15.1. The monoisotopic (exact) mass is 551 g/mol. The van der Waals surface area contributed by atoms with Crippen LogP contribution in [0.2, 0.25) is 0 Å². The second kappa shape index (κ2) is 10.1. The Morgan fingerprint density at radius 1 is 1.11 bits per heavy atom. The molecule has 0 saturated carbocycles. The maximum Gasteiger partial charge on any atom is 0.268 e. The summed E-state index contributed by atoms with van der Waals surface area (Å²) in [5, 5.41) is 10.1. The quantitative estimate of drug-likeness (QED) is 0.325. The van der Waals surface area contributed by atoms with E-state index in [1.165, 1.54) is 18.2 Å². The second-order valence-corrected chi connectivity index (χ2v) is 13.1. The zero-order valence-corrected chi connectivity index (χ0v) is 23.9. The summed E-state index contributed by atoms with van der Waals surface area (Å²) in [6, 6.07) is 7.90. The van der Waals surface area contributed by atoms with Crippen LogP contribution in [0.3, 0.4) is 0 Å². The van der Waals surface area contributed by atoms with Gasteiger partial charge in [-0.1, -0.05) is 43.3 Å². The van der Waals surface area contributed by atoms with Crippen molar-refractivity contribution in [2.24, 2.45) is 5.92 Å². The van der Waals surface area contributed by atoms with Crippen LogP contribution in [0.15, 0.2) is 34.2 Å². The van der Waals surface area contributed by atoms with Crippen LogP contribution >= 0.6 is 23.1 Å². The third-order valence-corrected chi connectivity index (χ3v) is 9.90. The van der Waals surface area contributed by atoms with Gasteiger partial charge in [-0.05, 0) is 56.7 Å². The minimum atomic E-state index is -0.307. The molecule has 38 heavy (non-hydrogen) atoms. The number of nitrogens with zero attached hydrogens (tertiary/aromatic N) is 5. The standard InChI is InChI=1S/C28H33N5O3S2/c1-16(2)21-14-20-22(15-36-21)38-26-23(20)25(35)32(19-10-8-17(3)9-11-19)27-29-30-28(33(26)27)37-18(4)24(34)31-12-6-5-7-13-31/h8-11,16,18,21H,5-7,12-15H2,1-4H3/t18-,21+/m1/s1. The molecule has 0 unspecified atom stereocenters. The summed E-state index contributed by atoms with van der Waals surface area (Å²) in [7, 11) is 0. The van der Waals surface area contributed by atoms with Gasteiger partial charge in [0.2, 0.25) is 11.7 Å². The molecule has 200 valence electrons. The molecule has 5 heterocycles. The second-order valence-electron chi connectivity index (χ2n) is 10.7. The Morgan fingerprint density at radius 2 is 1.84 bits per heavy atom. The highest BCUT2D eigenvalue weighted by Gasteiger charge is 2.31. The number of hydrogen-bond donors (Lipinski definition) is 0. The van der Waals surface area contributed by atoms with Crippen LogP contribution in [0.25, 0.3) is 21.7 Å². The van der Waals surface area contributed by atoms with Crippen molar-refractivity contribution in [2.45, 2.75) is 76.5 Å². The Bertz CT molecular complexity index is 1560. The van der Waals surface area contributed by atoms with Crippen molar-refractivity contribution in [3.8, 4) is 5.69 Å².